The molecule has 2 bridgehead atoms. The number of aromatic hydroxyl groups is 1. The van der Waals surface area contributed by atoms with Crippen LogP contribution < -0.4 is 5.32 Å². The third kappa shape index (κ3) is 3.27. The van der Waals surface area contributed by atoms with Crippen molar-refractivity contribution >= 4 is 6.08 Å². The molecule has 7 nitrogen and oxygen atoms in total. The quantitative estimate of drug-likeness (QED) is 0.708. The summed E-state index contributed by atoms with van der Waals surface area (Å²) in [6.07, 6.45) is 6.35. The maximum Gasteiger partial charge on any atom is 0.185 e. The number of halogens is 2. The second kappa shape index (κ2) is 7.00. The van der Waals surface area contributed by atoms with E-state index < -0.39 is 18.4 Å². The highest BCUT2D eigenvalue weighted by Gasteiger charge is 2.44. The summed E-state index contributed by atoms with van der Waals surface area (Å²) in [5.41, 5.74) is 2.09. The number of piperidine rings is 1. The molecule has 2 aliphatic rings. The summed E-state index contributed by atoms with van der Waals surface area (Å²) < 4.78 is 30.1. The first-order chi connectivity index (χ1) is 14.1. The Hall–Kier alpha value is -3.20. The van der Waals surface area contributed by atoms with Crippen molar-refractivity contribution < 1.29 is 13.9 Å². The van der Waals surface area contributed by atoms with Crippen molar-refractivity contribution in [1.29, 1.82) is 0 Å². The van der Waals surface area contributed by atoms with Gasteiger partial charge < -0.3 is 15.0 Å². The van der Waals surface area contributed by atoms with Gasteiger partial charge in [0.15, 0.2) is 5.82 Å². The number of nitrogens with one attached hydrogen (secondary N) is 1. The van der Waals surface area contributed by atoms with Gasteiger partial charge in [0, 0.05) is 30.5 Å². The molecule has 2 aromatic heterocycles. The van der Waals surface area contributed by atoms with Crippen LogP contribution in [0.3, 0.4) is 0 Å². The lowest BCUT2D eigenvalue weighted by atomic mass is 9.96. The van der Waals surface area contributed by atoms with Gasteiger partial charge in [0.2, 0.25) is 0 Å². The Morgan fingerprint density at radius 3 is 2.83 bits per heavy atom. The molecule has 2 fully saturated rings. The van der Waals surface area contributed by atoms with Crippen molar-refractivity contribution in [2.45, 2.75) is 37.3 Å². The number of fused-ring (bicyclic) bond motifs is 2. The van der Waals surface area contributed by atoms with Crippen LogP contribution in [0.2, 0.25) is 0 Å². The van der Waals surface area contributed by atoms with E-state index in [0.717, 1.165) is 5.69 Å². The molecule has 148 valence electrons. The molecule has 4 atom stereocenters. The molecule has 0 spiro atoms. The lowest BCUT2D eigenvalue weighted by Gasteiger charge is -2.27. The van der Waals surface area contributed by atoms with Crippen LogP contribution in [0.25, 0.3) is 23.2 Å². The topological polar surface area (TPSA) is 88.8 Å². The Morgan fingerprint density at radius 2 is 2.10 bits per heavy atom. The summed E-state index contributed by atoms with van der Waals surface area (Å²) >= 11 is 0. The summed E-state index contributed by atoms with van der Waals surface area (Å²) in [7, 11) is 0. The van der Waals surface area contributed by atoms with Crippen LogP contribution >= 0.6 is 0 Å². The molecule has 1 aromatic carbocycles. The van der Waals surface area contributed by atoms with Gasteiger partial charge in [-0.05, 0) is 36.6 Å². The van der Waals surface area contributed by atoms with Crippen LogP contribution in [0.5, 0.6) is 5.75 Å². The molecule has 2 saturated heterocycles. The zero-order chi connectivity index (χ0) is 20.0. The average Bonchev–Trinajstić information content (AvgIpc) is 3.36. The van der Waals surface area contributed by atoms with Gasteiger partial charge in [-0.2, -0.15) is 0 Å². The molecule has 0 aliphatic carbocycles. The second-order valence-corrected chi connectivity index (χ2v) is 7.33. The van der Waals surface area contributed by atoms with Crippen LogP contribution in [0.15, 0.2) is 48.7 Å². The van der Waals surface area contributed by atoms with Gasteiger partial charge in [-0.25, -0.2) is 18.7 Å². The number of aromatic nitrogens is 5. The number of phenols is 1. The molecule has 29 heavy (non-hydrogen) atoms. The molecular weight excluding hydrogens is 378 g/mol. The van der Waals surface area contributed by atoms with Crippen molar-refractivity contribution in [3.05, 3.63) is 54.4 Å². The van der Waals surface area contributed by atoms with Crippen molar-refractivity contribution in [2.75, 3.05) is 0 Å². The number of phenolic OH excluding ortho intramolecular Hbond substituents is 1. The summed E-state index contributed by atoms with van der Waals surface area (Å²) in [4.78, 5) is 8.23. The van der Waals surface area contributed by atoms with Crippen LogP contribution in [0.1, 0.15) is 18.5 Å². The maximum absolute atomic E-state index is 14.5. The Morgan fingerprint density at radius 1 is 1.21 bits per heavy atom. The number of hydrogen-bond acceptors (Lipinski definition) is 6. The van der Waals surface area contributed by atoms with Gasteiger partial charge in [-0.3, -0.25) is 0 Å². The second-order valence-electron chi connectivity index (χ2n) is 7.33. The van der Waals surface area contributed by atoms with E-state index in [2.05, 4.69) is 25.5 Å². The Kier molecular flexibility index (Phi) is 4.31. The van der Waals surface area contributed by atoms with Crippen molar-refractivity contribution in [3.8, 4) is 22.8 Å². The Labute approximate surface area is 165 Å². The molecular formula is C20H18F2N6O. The highest BCUT2D eigenvalue weighted by atomic mass is 19.1. The zero-order valence-electron chi connectivity index (χ0n) is 15.3. The van der Waals surface area contributed by atoms with Crippen molar-refractivity contribution in [3.63, 3.8) is 0 Å². The van der Waals surface area contributed by atoms with E-state index in [0.29, 0.717) is 23.3 Å². The highest BCUT2D eigenvalue weighted by Crippen LogP contribution is 2.35. The molecule has 4 heterocycles. The smallest absolute Gasteiger partial charge is 0.185 e. The minimum absolute atomic E-state index is 0.0110. The zero-order valence-corrected chi connectivity index (χ0v) is 15.3. The highest BCUT2D eigenvalue weighted by molar-refractivity contribution is 5.66. The molecule has 0 saturated carbocycles. The molecule has 0 radical (unpaired) electrons. The van der Waals surface area contributed by atoms with Gasteiger partial charge in [0.05, 0.1) is 23.8 Å². The Bertz CT molecular complexity index is 1050. The van der Waals surface area contributed by atoms with E-state index in [9.17, 15) is 13.9 Å². The predicted octanol–water partition coefficient (Wildman–Crippen LogP) is 2.62. The number of benzene rings is 1. The predicted molar refractivity (Wildman–Crippen MR) is 102 cm³/mol. The standard InChI is InChI=1S/C20H18F2N6O/c21-15-8-17-19(22)11(6-16(15)25-17)5-12-9-24-20(27-26-12)14-2-1-13(7-18(14)29)28-4-3-23-10-28/h1-5,7,9-10,15-17,19,25,29H,6,8H2/b11-5+/t15-,16?,17?,19-/m0/s1. The van der Waals surface area contributed by atoms with E-state index >= 15 is 0 Å². The fourth-order valence-electron chi connectivity index (χ4n) is 3.95. The summed E-state index contributed by atoms with van der Waals surface area (Å²) in [6.45, 7) is 0. The third-order valence-electron chi connectivity index (χ3n) is 5.44. The Balaban J connectivity index is 1.38. The minimum Gasteiger partial charge on any atom is -0.507 e. The molecule has 0 amide bonds. The normalized spacial score (nSPS) is 27.4. The van der Waals surface area contributed by atoms with Crippen LogP contribution in [-0.4, -0.2) is 54.3 Å². The van der Waals surface area contributed by atoms with Gasteiger partial charge in [0.1, 0.15) is 23.8 Å². The molecule has 2 N–H and O–H groups in total. The first kappa shape index (κ1) is 17.9. The fraction of sp³-hybridized carbons (Fsp3) is 0.300. The lowest BCUT2D eigenvalue weighted by molar-refractivity contribution is 0.265. The largest absolute Gasteiger partial charge is 0.507 e. The summed E-state index contributed by atoms with van der Waals surface area (Å²) in [6, 6.07) is 4.26. The molecule has 2 aliphatic heterocycles. The minimum atomic E-state index is -1.24. The summed E-state index contributed by atoms with van der Waals surface area (Å²) in [5, 5.41) is 21.5. The fourth-order valence-corrected chi connectivity index (χ4v) is 3.95. The number of alkyl halides is 2. The van der Waals surface area contributed by atoms with Crippen molar-refractivity contribution in [2.24, 2.45) is 0 Å². The summed E-state index contributed by atoms with van der Waals surface area (Å²) in [5.74, 6) is 0.268. The van der Waals surface area contributed by atoms with E-state index in [4.69, 9.17) is 0 Å². The van der Waals surface area contributed by atoms with E-state index in [1.165, 1.54) is 6.20 Å². The van der Waals surface area contributed by atoms with Gasteiger partial charge in [-0.15, -0.1) is 10.2 Å². The van der Waals surface area contributed by atoms with Crippen LogP contribution in [0.4, 0.5) is 8.78 Å². The third-order valence-corrected chi connectivity index (χ3v) is 5.44. The van der Waals surface area contributed by atoms with Crippen molar-refractivity contribution in [1.82, 2.24) is 30.0 Å². The number of hydrogen-bond donors (Lipinski definition) is 2. The van der Waals surface area contributed by atoms with E-state index in [1.54, 1.807) is 41.5 Å². The number of nitrogens with zero attached hydrogens (tertiary/aromatic N) is 5. The van der Waals surface area contributed by atoms with Gasteiger partial charge >= 0.3 is 0 Å². The lowest BCUT2D eigenvalue weighted by Crippen LogP contribution is -2.44. The van der Waals surface area contributed by atoms with E-state index in [-0.39, 0.29) is 24.0 Å². The van der Waals surface area contributed by atoms with Gasteiger partial charge in [0.25, 0.3) is 0 Å². The molecule has 2 unspecified atom stereocenters. The average molecular weight is 396 g/mol. The van der Waals surface area contributed by atoms with Gasteiger partial charge in [-0.1, -0.05) is 0 Å². The maximum atomic E-state index is 14.5. The van der Waals surface area contributed by atoms with E-state index in [1.807, 2.05) is 6.07 Å². The molecule has 5 rings (SSSR count). The number of imidazole rings is 1. The molecule has 3 aromatic rings. The SMILES string of the molecule is Oc1cc(-n2ccnc2)ccc1-c1ncc(/C=C2\CC3NC(C[C@@H]3F)[C@H]2F)nn1. The molecule has 9 heteroatoms. The van der Waals surface area contributed by atoms with Crippen LogP contribution in [0, 0.1) is 0 Å². The monoisotopic (exact) mass is 396 g/mol. The first-order valence-electron chi connectivity index (χ1n) is 9.34. The number of rotatable bonds is 3. The van der Waals surface area contributed by atoms with Crippen LogP contribution in [-0.2, 0) is 0 Å². The first-order valence-corrected chi connectivity index (χ1v) is 9.34.